The van der Waals surface area contributed by atoms with Crippen molar-refractivity contribution in [3.63, 3.8) is 0 Å². The van der Waals surface area contributed by atoms with E-state index >= 15 is 0 Å². The Morgan fingerprint density at radius 3 is 2.58 bits per heavy atom. The van der Waals surface area contributed by atoms with Crippen molar-refractivity contribution >= 4 is 15.9 Å². The highest BCUT2D eigenvalue weighted by molar-refractivity contribution is 9.08. The minimum atomic E-state index is 0.262. The van der Waals surface area contributed by atoms with E-state index in [1.807, 2.05) is 42.5 Å². The first-order valence-corrected chi connectivity index (χ1v) is 7.31. The molecule has 0 fully saturated rings. The Bertz CT molecular complexity index is 511. The predicted molar refractivity (Wildman–Crippen MR) is 80.5 cm³/mol. The second-order valence-corrected chi connectivity index (χ2v) is 4.90. The van der Waals surface area contributed by atoms with Crippen LogP contribution in [0, 0.1) is 6.92 Å². The number of hydrogen-bond acceptors (Lipinski definition) is 2. The number of halogens is 1. The van der Waals surface area contributed by atoms with Crippen LogP contribution in [0.15, 0.2) is 48.5 Å². The van der Waals surface area contributed by atoms with E-state index in [1.54, 1.807) is 0 Å². The van der Waals surface area contributed by atoms with Crippen LogP contribution in [0.5, 0.6) is 5.75 Å². The van der Waals surface area contributed by atoms with Gasteiger partial charge in [-0.2, -0.15) is 0 Å². The van der Waals surface area contributed by atoms with E-state index in [-0.39, 0.29) is 6.79 Å². The molecule has 0 aromatic heterocycles. The van der Waals surface area contributed by atoms with E-state index in [2.05, 4.69) is 28.9 Å². The van der Waals surface area contributed by atoms with Crippen LogP contribution in [-0.4, -0.2) is 6.79 Å². The zero-order valence-corrected chi connectivity index (χ0v) is 12.5. The summed E-state index contributed by atoms with van der Waals surface area (Å²) in [5, 5.41) is 0.780. The average Bonchev–Trinajstić information content (AvgIpc) is 2.46. The van der Waals surface area contributed by atoms with Crippen LogP contribution in [-0.2, 0) is 16.7 Å². The molecule has 0 heterocycles. The van der Waals surface area contributed by atoms with E-state index in [9.17, 15) is 0 Å². The van der Waals surface area contributed by atoms with E-state index < -0.39 is 0 Å². The molecule has 0 radical (unpaired) electrons. The van der Waals surface area contributed by atoms with Gasteiger partial charge in [-0.25, -0.2) is 0 Å². The van der Waals surface area contributed by atoms with Gasteiger partial charge in [-0.05, 0) is 18.6 Å². The van der Waals surface area contributed by atoms with E-state index in [1.165, 1.54) is 5.56 Å². The van der Waals surface area contributed by atoms with Crippen molar-refractivity contribution in [3.8, 4) is 5.75 Å². The second-order valence-electron chi connectivity index (χ2n) is 4.34. The van der Waals surface area contributed by atoms with Crippen molar-refractivity contribution in [2.24, 2.45) is 0 Å². The number of ether oxygens (including phenoxy) is 2. The van der Waals surface area contributed by atoms with Gasteiger partial charge in [0.2, 0.25) is 0 Å². The monoisotopic (exact) mass is 320 g/mol. The summed E-state index contributed by atoms with van der Waals surface area (Å²) in [6.07, 6.45) is 0. The molecule has 2 aromatic carbocycles. The van der Waals surface area contributed by atoms with Crippen LogP contribution in [0.1, 0.15) is 16.7 Å². The molecule has 0 unspecified atom stereocenters. The van der Waals surface area contributed by atoms with Gasteiger partial charge in [-0.1, -0.05) is 64.0 Å². The number of aryl methyl sites for hydroxylation is 1. The first-order valence-electron chi connectivity index (χ1n) is 6.19. The van der Waals surface area contributed by atoms with Gasteiger partial charge in [0.1, 0.15) is 5.75 Å². The molecule has 2 aromatic rings. The quantitative estimate of drug-likeness (QED) is 0.445. The molecule has 19 heavy (non-hydrogen) atoms. The van der Waals surface area contributed by atoms with Crippen molar-refractivity contribution in [2.75, 3.05) is 6.79 Å². The van der Waals surface area contributed by atoms with Crippen LogP contribution in [0.25, 0.3) is 0 Å². The molecule has 0 amide bonds. The lowest BCUT2D eigenvalue weighted by molar-refractivity contribution is 0.00465. The zero-order chi connectivity index (χ0) is 13.5. The largest absolute Gasteiger partial charge is 0.467 e. The van der Waals surface area contributed by atoms with E-state index in [0.29, 0.717) is 6.61 Å². The third-order valence-electron chi connectivity index (χ3n) is 2.77. The molecule has 0 bridgehead atoms. The molecule has 0 aliphatic heterocycles. The molecule has 0 saturated heterocycles. The smallest absolute Gasteiger partial charge is 0.189 e. The van der Waals surface area contributed by atoms with Gasteiger partial charge >= 0.3 is 0 Å². The lowest BCUT2D eigenvalue weighted by atomic mass is 10.1. The molecule has 100 valence electrons. The Morgan fingerprint density at radius 1 is 1.05 bits per heavy atom. The summed E-state index contributed by atoms with van der Waals surface area (Å²) >= 11 is 3.47. The standard InChI is InChI=1S/C16H17BrO2/c1-13-7-8-16(15(9-13)10-17)19-12-18-11-14-5-3-2-4-6-14/h2-9H,10-12H2,1H3. The van der Waals surface area contributed by atoms with Gasteiger partial charge in [0, 0.05) is 10.9 Å². The maximum absolute atomic E-state index is 5.65. The Morgan fingerprint density at radius 2 is 1.84 bits per heavy atom. The minimum Gasteiger partial charge on any atom is -0.467 e. The molecule has 0 saturated carbocycles. The van der Waals surface area contributed by atoms with Crippen molar-refractivity contribution < 1.29 is 9.47 Å². The Balaban J connectivity index is 1.83. The fraction of sp³-hybridized carbons (Fsp3) is 0.250. The van der Waals surface area contributed by atoms with Gasteiger partial charge < -0.3 is 9.47 Å². The average molecular weight is 321 g/mol. The van der Waals surface area contributed by atoms with Gasteiger partial charge in [0.15, 0.2) is 6.79 Å². The number of benzene rings is 2. The number of hydrogen-bond donors (Lipinski definition) is 0. The molecule has 0 aliphatic rings. The first-order chi connectivity index (χ1) is 9.29. The SMILES string of the molecule is Cc1ccc(OCOCc2ccccc2)c(CBr)c1. The lowest BCUT2D eigenvalue weighted by Crippen LogP contribution is -2.04. The summed E-state index contributed by atoms with van der Waals surface area (Å²) < 4.78 is 11.2. The number of rotatable bonds is 6. The fourth-order valence-electron chi connectivity index (χ4n) is 1.79. The highest BCUT2D eigenvalue weighted by atomic mass is 79.9. The predicted octanol–water partition coefficient (Wildman–Crippen LogP) is 4.44. The summed E-state index contributed by atoms with van der Waals surface area (Å²) in [6.45, 7) is 2.90. The van der Waals surface area contributed by atoms with Gasteiger partial charge in [-0.15, -0.1) is 0 Å². The maximum atomic E-state index is 5.65. The van der Waals surface area contributed by atoms with Crippen molar-refractivity contribution in [3.05, 3.63) is 65.2 Å². The van der Waals surface area contributed by atoms with Gasteiger partial charge in [-0.3, -0.25) is 0 Å². The number of alkyl halides is 1. The summed E-state index contributed by atoms with van der Waals surface area (Å²) in [7, 11) is 0. The molecule has 2 nitrogen and oxygen atoms in total. The van der Waals surface area contributed by atoms with E-state index in [0.717, 1.165) is 22.2 Å². The normalized spacial score (nSPS) is 10.4. The van der Waals surface area contributed by atoms with Crippen molar-refractivity contribution in [1.82, 2.24) is 0 Å². The summed E-state index contributed by atoms with van der Waals surface area (Å²) in [5.41, 5.74) is 3.52. The minimum absolute atomic E-state index is 0.262. The molecule has 0 aliphatic carbocycles. The maximum Gasteiger partial charge on any atom is 0.189 e. The van der Waals surface area contributed by atoms with Crippen LogP contribution in [0.2, 0.25) is 0 Å². The molecule has 3 heteroatoms. The highest BCUT2D eigenvalue weighted by Crippen LogP contribution is 2.22. The molecular weight excluding hydrogens is 304 g/mol. The lowest BCUT2D eigenvalue weighted by Gasteiger charge is -2.11. The van der Waals surface area contributed by atoms with Crippen molar-refractivity contribution in [2.45, 2.75) is 18.9 Å². The molecule has 0 atom stereocenters. The van der Waals surface area contributed by atoms with Crippen LogP contribution in [0.4, 0.5) is 0 Å². The van der Waals surface area contributed by atoms with E-state index in [4.69, 9.17) is 9.47 Å². The third-order valence-corrected chi connectivity index (χ3v) is 3.37. The molecule has 0 N–H and O–H groups in total. The Hall–Kier alpha value is -1.32. The zero-order valence-electron chi connectivity index (χ0n) is 10.9. The highest BCUT2D eigenvalue weighted by Gasteiger charge is 2.02. The Kier molecular flexibility index (Phi) is 5.43. The first kappa shape index (κ1) is 14.1. The second kappa shape index (κ2) is 7.31. The third kappa shape index (κ3) is 4.37. The molecule has 2 rings (SSSR count). The molecule has 0 spiro atoms. The van der Waals surface area contributed by atoms with Crippen LogP contribution in [0.3, 0.4) is 0 Å². The summed E-state index contributed by atoms with van der Waals surface area (Å²) in [4.78, 5) is 0. The fourth-order valence-corrected chi connectivity index (χ4v) is 2.23. The molecular formula is C16H17BrO2. The van der Waals surface area contributed by atoms with Gasteiger partial charge in [0.25, 0.3) is 0 Å². The van der Waals surface area contributed by atoms with Crippen LogP contribution < -0.4 is 4.74 Å². The van der Waals surface area contributed by atoms with Crippen molar-refractivity contribution in [1.29, 1.82) is 0 Å². The Labute approximate surface area is 122 Å². The summed E-state index contributed by atoms with van der Waals surface area (Å²) in [6, 6.07) is 16.2. The topological polar surface area (TPSA) is 18.5 Å². The van der Waals surface area contributed by atoms with Crippen LogP contribution >= 0.6 is 15.9 Å². The summed E-state index contributed by atoms with van der Waals surface area (Å²) in [5.74, 6) is 0.871. The van der Waals surface area contributed by atoms with Gasteiger partial charge in [0.05, 0.1) is 6.61 Å².